The molecule has 100 valence electrons. The quantitative estimate of drug-likeness (QED) is 0.884. The number of carboxylic acid groups (broad SMARTS) is 1. The Labute approximate surface area is 107 Å². The largest absolute Gasteiger partial charge is 0.481 e. The number of ether oxygens (including phenoxy) is 1. The summed E-state index contributed by atoms with van der Waals surface area (Å²) in [5, 5.41) is 13.3. The van der Waals surface area contributed by atoms with Gasteiger partial charge in [-0.25, -0.2) is 0 Å². The second kappa shape index (κ2) is 5.52. The Balaban J connectivity index is 2.16. The first-order valence-corrected chi connectivity index (χ1v) is 6.41. The molecule has 1 N–H and O–H groups in total. The third-order valence-electron chi connectivity index (χ3n) is 3.65. The highest BCUT2D eigenvalue weighted by Gasteiger charge is 2.23. The molecule has 2 rings (SSSR count). The van der Waals surface area contributed by atoms with Gasteiger partial charge in [0.05, 0.1) is 12.1 Å². The zero-order valence-electron chi connectivity index (χ0n) is 11.0. The molecule has 0 radical (unpaired) electrons. The second-order valence-electron chi connectivity index (χ2n) is 4.86. The molecule has 0 saturated carbocycles. The minimum atomic E-state index is -0.761. The van der Waals surface area contributed by atoms with Crippen LogP contribution in [0.5, 0.6) is 0 Å². The molecule has 5 nitrogen and oxygen atoms in total. The van der Waals surface area contributed by atoms with Crippen molar-refractivity contribution < 1.29 is 14.6 Å². The predicted octanol–water partition coefficient (Wildman–Crippen LogP) is 1.64. The number of nitrogens with zero attached hydrogens (tertiary/aromatic N) is 2. The van der Waals surface area contributed by atoms with E-state index in [0.29, 0.717) is 12.3 Å². The van der Waals surface area contributed by atoms with E-state index in [0.717, 1.165) is 43.0 Å². The van der Waals surface area contributed by atoms with Crippen molar-refractivity contribution in [3.05, 3.63) is 17.0 Å². The molecule has 0 atom stereocenters. The van der Waals surface area contributed by atoms with E-state index in [4.69, 9.17) is 9.84 Å². The lowest BCUT2D eigenvalue weighted by Gasteiger charge is -2.20. The third-order valence-corrected chi connectivity index (χ3v) is 3.65. The lowest BCUT2D eigenvalue weighted by molar-refractivity contribution is -0.136. The summed E-state index contributed by atoms with van der Waals surface area (Å²) < 4.78 is 7.20. The SMILES string of the molecule is Cc1c(C2CCOCC2)nn(C)c1CCC(=O)O. The molecule has 0 spiro atoms. The minimum Gasteiger partial charge on any atom is -0.481 e. The Morgan fingerprint density at radius 2 is 2.17 bits per heavy atom. The molecule has 18 heavy (non-hydrogen) atoms. The van der Waals surface area contributed by atoms with Crippen LogP contribution in [0.1, 0.15) is 42.1 Å². The van der Waals surface area contributed by atoms with E-state index in [-0.39, 0.29) is 6.42 Å². The summed E-state index contributed by atoms with van der Waals surface area (Å²) in [5.41, 5.74) is 3.32. The fourth-order valence-electron chi connectivity index (χ4n) is 2.62. The van der Waals surface area contributed by atoms with Crippen LogP contribution >= 0.6 is 0 Å². The summed E-state index contributed by atoms with van der Waals surface area (Å²) in [6.45, 7) is 3.64. The molecule has 0 bridgehead atoms. The van der Waals surface area contributed by atoms with Crippen LogP contribution < -0.4 is 0 Å². The molecule has 0 aliphatic carbocycles. The van der Waals surface area contributed by atoms with Gasteiger partial charge in [-0.3, -0.25) is 9.48 Å². The van der Waals surface area contributed by atoms with Crippen molar-refractivity contribution in [2.24, 2.45) is 7.05 Å². The number of aryl methyl sites for hydroxylation is 1. The summed E-state index contributed by atoms with van der Waals surface area (Å²) in [6.07, 6.45) is 2.73. The number of aliphatic carboxylic acids is 1. The highest BCUT2D eigenvalue weighted by Crippen LogP contribution is 2.29. The van der Waals surface area contributed by atoms with E-state index in [2.05, 4.69) is 12.0 Å². The topological polar surface area (TPSA) is 64.4 Å². The van der Waals surface area contributed by atoms with E-state index in [1.807, 2.05) is 11.7 Å². The Morgan fingerprint density at radius 3 is 2.78 bits per heavy atom. The van der Waals surface area contributed by atoms with Gasteiger partial charge in [0.1, 0.15) is 0 Å². The highest BCUT2D eigenvalue weighted by atomic mass is 16.5. The fourth-order valence-corrected chi connectivity index (χ4v) is 2.62. The molecule has 1 fully saturated rings. The Bertz CT molecular complexity index is 434. The fraction of sp³-hybridized carbons (Fsp3) is 0.692. The van der Waals surface area contributed by atoms with Crippen LogP contribution in [0.2, 0.25) is 0 Å². The molecule has 1 aromatic rings. The van der Waals surface area contributed by atoms with Gasteiger partial charge in [0.25, 0.3) is 0 Å². The number of rotatable bonds is 4. The van der Waals surface area contributed by atoms with Gasteiger partial charge >= 0.3 is 5.97 Å². The van der Waals surface area contributed by atoms with Gasteiger partial charge in [0, 0.05) is 38.3 Å². The van der Waals surface area contributed by atoms with E-state index in [9.17, 15) is 4.79 Å². The summed E-state index contributed by atoms with van der Waals surface area (Å²) >= 11 is 0. The zero-order chi connectivity index (χ0) is 13.1. The highest BCUT2D eigenvalue weighted by molar-refractivity contribution is 5.67. The lowest BCUT2D eigenvalue weighted by atomic mass is 9.93. The summed E-state index contributed by atoms with van der Waals surface area (Å²) in [4.78, 5) is 10.7. The van der Waals surface area contributed by atoms with E-state index in [1.165, 1.54) is 0 Å². The number of carbonyl (C=O) groups is 1. The van der Waals surface area contributed by atoms with Crippen LogP contribution in [0.3, 0.4) is 0 Å². The van der Waals surface area contributed by atoms with Gasteiger partial charge in [0.15, 0.2) is 0 Å². The van der Waals surface area contributed by atoms with Crippen LogP contribution in [0.4, 0.5) is 0 Å². The molecule has 1 aliphatic rings. The monoisotopic (exact) mass is 252 g/mol. The molecule has 0 amide bonds. The molecular weight excluding hydrogens is 232 g/mol. The first-order valence-electron chi connectivity index (χ1n) is 6.41. The maximum atomic E-state index is 10.7. The molecular formula is C13H20N2O3. The van der Waals surface area contributed by atoms with Crippen molar-refractivity contribution in [3.63, 3.8) is 0 Å². The third kappa shape index (κ3) is 2.72. The van der Waals surface area contributed by atoms with Crippen molar-refractivity contribution in [1.29, 1.82) is 0 Å². The average molecular weight is 252 g/mol. The number of hydrogen-bond acceptors (Lipinski definition) is 3. The van der Waals surface area contributed by atoms with Gasteiger partial charge < -0.3 is 9.84 Å². The first kappa shape index (κ1) is 13.1. The normalized spacial score (nSPS) is 17.0. The standard InChI is InChI=1S/C13H20N2O3/c1-9-11(3-4-12(16)17)15(2)14-13(9)10-5-7-18-8-6-10/h10H,3-8H2,1-2H3,(H,16,17). The Morgan fingerprint density at radius 1 is 1.50 bits per heavy atom. The number of hydrogen-bond donors (Lipinski definition) is 1. The van der Waals surface area contributed by atoms with E-state index in [1.54, 1.807) is 0 Å². The zero-order valence-corrected chi connectivity index (χ0v) is 11.0. The van der Waals surface area contributed by atoms with Gasteiger partial charge in [-0.2, -0.15) is 5.10 Å². The molecule has 1 aromatic heterocycles. The maximum absolute atomic E-state index is 10.7. The van der Waals surface area contributed by atoms with Crippen molar-refractivity contribution in [3.8, 4) is 0 Å². The van der Waals surface area contributed by atoms with Gasteiger partial charge in [0.2, 0.25) is 0 Å². The van der Waals surface area contributed by atoms with Crippen LogP contribution in [0.15, 0.2) is 0 Å². The Hall–Kier alpha value is -1.36. The smallest absolute Gasteiger partial charge is 0.303 e. The van der Waals surface area contributed by atoms with Crippen molar-refractivity contribution in [1.82, 2.24) is 9.78 Å². The maximum Gasteiger partial charge on any atom is 0.303 e. The molecule has 2 heterocycles. The summed E-state index contributed by atoms with van der Waals surface area (Å²) in [6, 6.07) is 0. The van der Waals surface area contributed by atoms with Crippen LogP contribution in [0, 0.1) is 6.92 Å². The van der Waals surface area contributed by atoms with Gasteiger partial charge in [-0.1, -0.05) is 0 Å². The molecule has 0 aromatic carbocycles. The van der Waals surface area contributed by atoms with E-state index < -0.39 is 5.97 Å². The van der Waals surface area contributed by atoms with Crippen LogP contribution in [-0.4, -0.2) is 34.1 Å². The van der Waals surface area contributed by atoms with Crippen molar-refractivity contribution >= 4 is 5.97 Å². The minimum absolute atomic E-state index is 0.160. The summed E-state index contributed by atoms with van der Waals surface area (Å²) in [5.74, 6) is -0.299. The average Bonchev–Trinajstić information content (AvgIpc) is 2.63. The molecule has 1 saturated heterocycles. The van der Waals surface area contributed by atoms with E-state index >= 15 is 0 Å². The van der Waals surface area contributed by atoms with Gasteiger partial charge in [-0.15, -0.1) is 0 Å². The number of aromatic nitrogens is 2. The molecule has 1 aliphatic heterocycles. The predicted molar refractivity (Wildman–Crippen MR) is 66.7 cm³/mol. The Kier molecular flexibility index (Phi) is 4.01. The van der Waals surface area contributed by atoms with Gasteiger partial charge in [-0.05, 0) is 25.3 Å². The van der Waals surface area contributed by atoms with Crippen molar-refractivity contribution in [2.45, 2.75) is 38.5 Å². The first-order chi connectivity index (χ1) is 8.59. The second-order valence-corrected chi connectivity index (χ2v) is 4.86. The van der Waals surface area contributed by atoms with Crippen LogP contribution in [0.25, 0.3) is 0 Å². The number of carboxylic acids is 1. The molecule has 5 heteroatoms. The van der Waals surface area contributed by atoms with Crippen LogP contribution in [-0.2, 0) is 23.0 Å². The molecule has 0 unspecified atom stereocenters. The lowest BCUT2D eigenvalue weighted by Crippen LogP contribution is -2.15. The summed E-state index contributed by atoms with van der Waals surface area (Å²) in [7, 11) is 1.90. The van der Waals surface area contributed by atoms with Crippen molar-refractivity contribution in [2.75, 3.05) is 13.2 Å².